The normalized spacial score (nSPS) is 15.6. The van der Waals surface area contributed by atoms with Gasteiger partial charge in [-0.05, 0) is 110 Å². The molecule has 1 N–H and O–H groups in total. The highest BCUT2D eigenvalue weighted by Gasteiger charge is 2.28. The summed E-state index contributed by atoms with van der Waals surface area (Å²) < 4.78 is 27.9. The van der Waals surface area contributed by atoms with Gasteiger partial charge in [0.15, 0.2) is 0 Å². The van der Waals surface area contributed by atoms with Gasteiger partial charge in [0.2, 0.25) is 0 Å². The maximum absolute atomic E-state index is 12.9. The lowest BCUT2D eigenvalue weighted by Gasteiger charge is -2.27. The maximum atomic E-state index is 12.9. The monoisotopic (exact) mass is 639 g/mol. The van der Waals surface area contributed by atoms with Crippen molar-refractivity contribution in [2.75, 3.05) is 19.8 Å². The fourth-order valence-electron chi connectivity index (χ4n) is 5.48. The molecule has 0 heterocycles. The summed E-state index contributed by atoms with van der Waals surface area (Å²) in [4.78, 5) is 23.9. The smallest absolute Gasteiger partial charge is 0.330 e. The summed E-state index contributed by atoms with van der Waals surface area (Å²) in [6, 6.07) is 21.2. The summed E-state index contributed by atoms with van der Waals surface area (Å²) in [6.07, 6.45) is 10.9. The molecule has 0 spiro atoms. The van der Waals surface area contributed by atoms with Crippen LogP contribution in [0.2, 0.25) is 0 Å². The Hall–Kier alpha value is -4.85. The number of carbonyl (C=O) groups excluding carboxylic acids is 2. The zero-order valence-electron chi connectivity index (χ0n) is 27.0. The molecule has 1 fully saturated rings. The molecule has 3 aromatic carbocycles. The van der Waals surface area contributed by atoms with Crippen LogP contribution in [0.25, 0.3) is 11.1 Å². The Morgan fingerprint density at radius 2 is 1.47 bits per heavy atom. The first-order chi connectivity index (χ1) is 23.0. The second kappa shape index (κ2) is 19.0. The molecule has 0 amide bonds. The third-order valence-corrected chi connectivity index (χ3v) is 8.24. The van der Waals surface area contributed by atoms with Crippen LogP contribution < -0.4 is 14.2 Å². The Kier molecular flexibility index (Phi) is 14.1. The molecule has 1 aliphatic rings. The molecule has 248 valence electrons. The summed E-state index contributed by atoms with van der Waals surface area (Å²) in [6.45, 7) is 8.98. The van der Waals surface area contributed by atoms with Crippen LogP contribution in [0.4, 0.5) is 0 Å². The van der Waals surface area contributed by atoms with Gasteiger partial charge in [0.1, 0.15) is 23.9 Å². The Morgan fingerprint density at radius 3 is 2.15 bits per heavy atom. The fourth-order valence-corrected chi connectivity index (χ4v) is 5.48. The predicted octanol–water partition coefficient (Wildman–Crippen LogP) is 8.47. The highest BCUT2D eigenvalue weighted by atomic mass is 16.5. The van der Waals surface area contributed by atoms with Gasteiger partial charge in [-0.3, -0.25) is 4.79 Å². The van der Waals surface area contributed by atoms with E-state index in [1.807, 2.05) is 54.6 Å². The third kappa shape index (κ3) is 11.5. The van der Waals surface area contributed by atoms with Gasteiger partial charge in [-0.1, -0.05) is 43.5 Å². The van der Waals surface area contributed by atoms with Crippen molar-refractivity contribution in [2.24, 2.45) is 11.8 Å². The Bertz CT molecular complexity index is 1460. The fraction of sp³-hybridized carbons (Fsp3) is 0.359. The van der Waals surface area contributed by atoms with Crippen molar-refractivity contribution in [3.05, 3.63) is 103 Å². The maximum Gasteiger partial charge on any atom is 0.330 e. The first-order valence-electron chi connectivity index (χ1n) is 16.3. The number of nitrogens with one attached hydrogen (secondary N) is 1. The Labute approximate surface area is 277 Å². The van der Waals surface area contributed by atoms with E-state index < -0.39 is 0 Å². The zero-order chi connectivity index (χ0) is 33.3. The topological polar surface area (TPSA) is 104 Å². The van der Waals surface area contributed by atoms with E-state index in [1.54, 1.807) is 12.1 Å². The van der Waals surface area contributed by atoms with Crippen LogP contribution in [-0.2, 0) is 25.7 Å². The molecular weight excluding hydrogens is 594 g/mol. The molecule has 0 bridgehead atoms. The molecule has 0 unspecified atom stereocenters. The predicted molar refractivity (Wildman–Crippen MR) is 183 cm³/mol. The summed E-state index contributed by atoms with van der Waals surface area (Å²) >= 11 is 0. The largest absolute Gasteiger partial charge is 0.497 e. The first kappa shape index (κ1) is 35.0. The lowest BCUT2D eigenvalue weighted by Crippen LogP contribution is -2.27. The van der Waals surface area contributed by atoms with Crippen LogP contribution in [0.15, 0.2) is 92.2 Å². The van der Waals surface area contributed by atoms with Crippen molar-refractivity contribution in [3.63, 3.8) is 0 Å². The lowest BCUT2D eigenvalue weighted by atomic mass is 9.82. The van der Waals surface area contributed by atoms with Gasteiger partial charge in [0, 0.05) is 17.9 Å². The highest BCUT2D eigenvalue weighted by molar-refractivity contribution is 5.84. The van der Waals surface area contributed by atoms with Gasteiger partial charge >= 0.3 is 11.9 Å². The van der Waals surface area contributed by atoms with E-state index in [1.165, 1.54) is 18.6 Å². The molecule has 1 aliphatic carbocycles. The van der Waals surface area contributed by atoms with Gasteiger partial charge in [0.25, 0.3) is 0 Å². The number of ether oxygens (including phenoxy) is 5. The van der Waals surface area contributed by atoms with E-state index in [2.05, 4.69) is 13.2 Å². The van der Waals surface area contributed by atoms with Gasteiger partial charge < -0.3 is 29.1 Å². The van der Waals surface area contributed by atoms with Crippen molar-refractivity contribution in [2.45, 2.75) is 58.0 Å². The van der Waals surface area contributed by atoms with Gasteiger partial charge in [-0.25, -0.2) is 4.79 Å². The molecule has 4 rings (SSSR count). The molecule has 47 heavy (non-hydrogen) atoms. The van der Waals surface area contributed by atoms with Crippen molar-refractivity contribution in [1.29, 1.82) is 5.41 Å². The zero-order valence-corrected chi connectivity index (χ0v) is 27.0. The van der Waals surface area contributed by atoms with Gasteiger partial charge in [-0.15, -0.1) is 0 Å². The summed E-state index contributed by atoms with van der Waals surface area (Å²) in [7, 11) is 0. The number of hydrogen-bond donors (Lipinski definition) is 1. The van der Waals surface area contributed by atoms with Crippen LogP contribution >= 0.6 is 0 Å². The second-order valence-electron chi connectivity index (χ2n) is 11.6. The summed E-state index contributed by atoms with van der Waals surface area (Å²) in [5.41, 5.74) is 3.87. The molecular formula is C39H45NO7. The number of benzene rings is 3. The number of rotatable bonds is 19. The Morgan fingerprint density at radius 1 is 0.787 bits per heavy atom. The first-order valence-corrected chi connectivity index (χ1v) is 16.3. The quantitative estimate of drug-likeness (QED) is 0.0350. The second-order valence-corrected chi connectivity index (χ2v) is 11.6. The molecule has 0 aliphatic heterocycles. The molecule has 3 aromatic rings. The van der Waals surface area contributed by atoms with Crippen molar-refractivity contribution in [1.82, 2.24) is 0 Å². The van der Waals surface area contributed by atoms with Crippen molar-refractivity contribution in [3.8, 4) is 28.4 Å². The van der Waals surface area contributed by atoms with Crippen LogP contribution in [0, 0.1) is 17.2 Å². The summed E-state index contributed by atoms with van der Waals surface area (Å²) in [5, 5.41) is 7.93. The van der Waals surface area contributed by atoms with E-state index in [0.29, 0.717) is 43.8 Å². The third-order valence-electron chi connectivity index (χ3n) is 8.24. The van der Waals surface area contributed by atoms with E-state index in [0.717, 1.165) is 79.4 Å². The summed E-state index contributed by atoms with van der Waals surface area (Å²) in [5.74, 6) is 1.57. The number of carbonyl (C=O) groups is 2. The Balaban J connectivity index is 1.14. The molecule has 0 aromatic heterocycles. The average Bonchev–Trinajstić information content (AvgIpc) is 3.11. The van der Waals surface area contributed by atoms with E-state index >= 15 is 0 Å². The SMILES string of the molecule is C=COCc1ccc(-c2ccc(OCC3CCC(C(=O)Oc4ccc(OCCCCCCOC(=O)C=C)cc4)CC3)c(C=N)c2)cc1. The van der Waals surface area contributed by atoms with Crippen LogP contribution in [-0.4, -0.2) is 38.0 Å². The van der Waals surface area contributed by atoms with Crippen molar-refractivity contribution < 1.29 is 33.3 Å². The minimum absolute atomic E-state index is 0.131. The minimum atomic E-state index is -0.385. The number of hydrogen-bond acceptors (Lipinski definition) is 8. The molecule has 8 heteroatoms. The minimum Gasteiger partial charge on any atom is -0.497 e. The van der Waals surface area contributed by atoms with Crippen LogP contribution in [0.3, 0.4) is 0 Å². The molecule has 0 radical (unpaired) electrons. The van der Waals surface area contributed by atoms with E-state index in [4.69, 9.17) is 29.1 Å². The number of unbranched alkanes of at least 4 members (excludes halogenated alkanes) is 3. The molecule has 8 nitrogen and oxygen atoms in total. The van der Waals surface area contributed by atoms with Crippen LogP contribution in [0.1, 0.15) is 62.5 Å². The average molecular weight is 640 g/mol. The van der Waals surface area contributed by atoms with Gasteiger partial charge in [-0.2, -0.15) is 0 Å². The molecule has 0 atom stereocenters. The van der Waals surface area contributed by atoms with Crippen LogP contribution in [0.5, 0.6) is 17.2 Å². The standard InChI is InChI=1S/C39H45NO7/c1-3-38(41)45-24-8-6-5-7-23-44-35-18-20-36(21-19-35)47-39(42)32-15-11-30(12-16-32)28-46-37-22-17-33(25-34(37)26-40)31-13-9-29(10-14-31)27-43-4-2/h3-4,9-10,13-14,17-22,25-26,30,32,40H,1-2,5-8,11-12,15-16,23-24,27-28H2. The lowest BCUT2D eigenvalue weighted by molar-refractivity contribution is -0.140. The number of esters is 2. The highest BCUT2D eigenvalue weighted by Crippen LogP contribution is 2.32. The van der Waals surface area contributed by atoms with Crippen molar-refractivity contribution >= 4 is 18.2 Å². The van der Waals surface area contributed by atoms with Gasteiger partial charge in [0.05, 0.1) is 32.0 Å². The molecule has 1 saturated carbocycles. The van der Waals surface area contributed by atoms with E-state index in [9.17, 15) is 9.59 Å². The van der Waals surface area contributed by atoms with E-state index in [-0.39, 0.29) is 17.9 Å². The molecule has 0 saturated heterocycles.